The van der Waals surface area contributed by atoms with Gasteiger partial charge < -0.3 is 9.32 Å². The van der Waals surface area contributed by atoms with Gasteiger partial charge in [-0.1, -0.05) is 0 Å². The Morgan fingerprint density at radius 1 is 1.23 bits per heavy atom. The average molecular weight is 394 g/mol. The summed E-state index contributed by atoms with van der Waals surface area (Å²) in [6.45, 7) is 0.953. The van der Waals surface area contributed by atoms with Gasteiger partial charge in [-0.15, -0.1) is 11.3 Å². The highest BCUT2D eigenvalue weighted by Crippen LogP contribution is 2.22. The van der Waals surface area contributed by atoms with Crippen molar-refractivity contribution in [2.24, 2.45) is 0 Å². The fourth-order valence-electron chi connectivity index (χ4n) is 2.85. The molecule has 4 rings (SSSR count). The minimum absolute atomic E-state index is 0.0482. The van der Waals surface area contributed by atoms with Gasteiger partial charge in [0.2, 0.25) is 10.0 Å². The second-order valence-electron chi connectivity index (χ2n) is 5.74. The normalized spacial score (nSPS) is 16.2. The summed E-state index contributed by atoms with van der Waals surface area (Å²) >= 11 is 1.34. The van der Waals surface area contributed by atoms with Crippen molar-refractivity contribution in [3.63, 3.8) is 0 Å². The third-order valence-corrected chi connectivity index (χ3v) is 6.69. The highest BCUT2D eigenvalue weighted by atomic mass is 32.2. The smallest absolute Gasteiger partial charge is 0.408 e. The Labute approximate surface area is 151 Å². The first-order valence-corrected chi connectivity index (χ1v) is 10.1. The fourth-order valence-corrected chi connectivity index (χ4v) is 4.81. The van der Waals surface area contributed by atoms with Crippen molar-refractivity contribution in [1.82, 2.24) is 19.2 Å². The number of nitrogens with zero attached hydrogens (tertiary/aromatic N) is 3. The molecule has 3 aromatic rings. The first-order valence-electron chi connectivity index (χ1n) is 7.75. The standard InChI is InChI=1S/C15H14N4O5S2/c20-14(12-8-25-9-16-12)18-3-5-19(6-4-18)26(22,23)10-1-2-11-13(7-10)24-15(21)17-11/h1-2,7-9H,3-6H2,(H,17,21). The zero-order valence-corrected chi connectivity index (χ0v) is 15.0. The number of carbonyl (C=O) groups excluding carboxylic acids is 1. The van der Waals surface area contributed by atoms with Crippen LogP contribution in [0.4, 0.5) is 0 Å². The van der Waals surface area contributed by atoms with Crippen molar-refractivity contribution in [1.29, 1.82) is 0 Å². The molecule has 0 saturated carbocycles. The number of amides is 1. The van der Waals surface area contributed by atoms with Crippen LogP contribution in [0.25, 0.3) is 11.1 Å². The van der Waals surface area contributed by atoms with Gasteiger partial charge in [-0.3, -0.25) is 9.78 Å². The highest BCUT2D eigenvalue weighted by molar-refractivity contribution is 7.89. The van der Waals surface area contributed by atoms with Crippen LogP contribution in [0.5, 0.6) is 0 Å². The van der Waals surface area contributed by atoms with E-state index in [1.54, 1.807) is 15.8 Å². The quantitative estimate of drug-likeness (QED) is 0.700. The fraction of sp³-hybridized carbons (Fsp3) is 0.267. The number of piperazine rings is 1. The molecule has 1 amide bonds. The molecule has 0 atom stereocenters. The van der Waals surface area contributed by atoms with Crippen LogP contribution in [0.1, 0.15) is 10.5 Å². The predicted molar refractivity (Wildman–Crippen MR) is 93.6 cm³/mol. The van der Waals surface area contributed by atoms with Gasteiger partial charge in [0.05, 0.1) is 15.9 Å². The van der Waals surface area contributed by atoms with Gasteiger partial charge in [-0.05, 0) is 12.1 Å². The molecule has 11 heteroatoms. The molecule has 136 valence electrons. The maximum Gasteiger partial charge on any atom is 0.417 e. The van der Waals surface area contributed by atoms with Gasteiger partial charge in [0, 0.05) is 37.6 Å². The molecular formula is C15H14N4O5S2. The van der Waals surface area contributed by atoms with Crippen molar-refractivity contribution in [3.8, 4) is 0 Å². The summed E-state index contributed by atoms with van der Waals surface area (Å²) in [6.07, 6.45) is 0. The SMILES string of the molecule is O=C(c1cscn1)N1CCN(S(=O)(=O)c2ccc3[nH]c(=O)oc3c2)CC1. The van der Waals surface area contributed by atoms with Crippen LogP contribution in [-0.2, 0) is 10.0 Å². The van der Waals surface area contributed by atoms with Crippen LogP contribution < -0.4 is 5.76 Å². The number of aromatic nitrogens is 2. The first kappa shape index (κ1) is 16.9. The highest BCUT2D eigenvalue weighted by Gasteiger charge is 2.31. The molecule has 1 fully saturated rings. The molecule has 0 radical (unpaired) electrons. The lowest BCUT2D eigenvalue weighted by Gasteiger charge is -2.33. The zero-order chi connectivity index (χ0) is 18.3. The van der Waals surface area contributed by atoms with Crippen molar-refractivity contribution < 1.29 is 17.6 Å². The van der Waals surface area contributed by atoms with E-state index in [4.69, 9.17) is 4.42 Å². The van der Waals surface area contributed by atoms with Crippen LogP contribution in [-0.4, -0.2) is 59.7 Å². The second-order valence-corrected chi connectivity index (χ2v) is 8.40. The molecule has 0 unspecified atom stereocenters. The maximum absolute atomic E-state index is 12.8. The molecule has 1 aromatic carbocycles. The van der Waals surface area contributed by atoms with Gasteiger partial charge in [0.15, 0.2) is 5.58 Å². The molecule has 3 heterocycles. The minimum Gasteiger partial charge on any atom is -0.408 e. The van der Waals surface area contributed by atoms with E-state index >= 15 is 0 Å². The summed E-state index contributed by atoms with van der Waals surface area (Å²) in [7, 11) is -3.74. The number of hydrogen-bond acceptors (Lipinski definition) is 7. The van der Waals surface area contributed by atoms with E-state index in [2.05, 4.69) is 9.97 Å². The number of sulfonamides is 1. The molecule has 9 nitrogen and oxygen atoms in total. The number of rotatable bonds is 3. The van der Waals surface area contributed by atoms with Crippen LogP contribution in [0, 0.1) is 0 Å². The predicted octanol–water partition coefficient (Wildman–Crippen LogP) is 0.724. The lowest BCUT2D eigenvalue weighted by atomic mass is 10.3. The Balaban J connectivity index is 1.52. The Morgan fingerprint density at radius 3 is 2.69 bits per heavy atom. The number of oxazole rings is 1. The topological polar surface area (TPSA) is 117 Å². The average Bonchev–Trinajstić information content (AvgIpc) is 3.29. The summed E-state index contributed by atoms with van der Waals surface area (Å²) < 4.78 is 31.9. The number of thiazole rings is 1. The zero-order valence-electron chi connectivity index (χ0n) is 13.4. The van der Waals surface area contributed by atoms with E-state index < -0.39 is 15.8 Å². The van der Waals surface area contributed by atoms with E-state index in [9.17, 15) is 18.0 Å². The third kappa shape index (κ3) is 2.93. The lowest BCUT2D eigenvalue weighted by Crippen LogP contribution is -2.50. The van der Waals surface area contributed by atoms with E-state index in [1.807, 2.05) is 0 Å². The molecule has 2 aromatic heterocycles. The molecule has 0 spiro atoms. The summed E-state index contributed by atoms with van der Waals surface area (Å²) in [5.74, 6) is -0.831. The van der Waals surface area contributed by atoms with Gasteiger partial charge in [-0.2, -0.15) is 4.31 Å². The number of nitrogens with one attached hydrogen (secondary N) is 1. The monoisotopic (exact) mass is 394 g/mol. The van der Waals surface area contributed by atoms with Crippen LogP contribution in [0.3, 0.4) is 0 Å². The number of fused-ring (bicyclic) bond motifs is 1. The minimum atomic E-state index is -3.74. The Bertz CT molecular complexity index is 1110. The summed E-state index contributed by atoms with van der Waals surface area (Å²) in [6, 6.07) is 4.25. The molecule has 0 aliphatic carbocycles. The van der Waals surface area contributed by atoms with Crippen molar-refractivity contribution in [2.45, 2.75) is 4.90 Å². The van der Waals surface area contributed by atoms with E-state index in [0.717, 1.165) is 0 Å². The Hall–Kier alpha value is -2.50. The molecule has 0 bridgehead atoms. The van der Waals surface area contributed by atoms with Gasteiger partial charge in [-0.25, -0.2) is 18.2 Å². The third-order valence-electron chi connectivity index (χ3n) is 4.21. The number of aromatic amines is 1. The molecular weight excluding hydrogens is 380 g/mol. The number of benzene rings is 1. The van der Waals surface area contributed by atoms with Crippen molar-refractivity contribution in [2.75, 3.05) is 26.2 Å². The lowest BCUT2D eigenvalue weighted by molar-refractivity contribution is 0.0693. The van der Waals surface area contributed by atoms with Crippen LogP contribution >= 0.6 is 11.3 Å². The summed E-state index contributed by atoms with van der Waals surface area (Å²) in [5.41, 5.74) is 2.59. The Kier molecular flexibility index (Phi) is 4.13. The maximum atomic E-state index is 12.8. The number of carbonyl (C=O) groups is 1. The summed E-state index contributed by atoms with van der Waals surface area (Å²) in [5, 5.41) is 1.67. The van der Waals surface area contributed by atoms with E-state index in [0.29, 0.717) is 11.2 Å². The molecule has 1 saturated heterocycles. The Morgan fingerprint density at radius 2 is 2.00 bits per heavy atom. The van der Waals surface area contributed by atoms with Crippen molar-refractivity contribution in [3.05, 3.63) is 45.3 Å². The van der Waals surface area contributed by atoms with E-state index in [1.165, 1.54) is 33.8 Å². The first-order chi connectivity index (χ1) is 12.4. The van der Waals surface area contributed by atoms with Gasteiger partial charge >= 0.3 is 5.76 Å². The summed E-state index contributed by atoms with van der Waals surface area (Å²) in [4.78, 5) is 31.6. The molecule has 1 aliphatic heterocycles. The van der Waals surface area contributed by atoms with Crippen molar-refractivity contribution >= 4 is 38.4 Å². The molecule has 1 N–H and O–H groups in total. The largest absolute Gasteiger partial charge is 0.417 e. The van der Waals surface area contributed by atoms with Crippen LogP contribution in [0.15, 0.2) is 43.2 Å². The number of H-pyrrole nitrogens is 1. The second kappa shape index (κ2) is 6.34. The van der Waals surface area contributed by atoms with Gasteiger partial charge in [0.25, 0.3) is 5.91 Å². The number of hydrogen-bond donors (Lipinski definition) is 1. The van der Waals surface area contributed by atoms with E-state index in [-0.39, 0.29) is 42.6 Å². The molecule has 26 heavy (non-hydrogen) atoms. The van der Waals surface area contributed by atoms with Gasteiger partial charge in [0.1, 0.15) is 5.69 Å². The molecule has 1 aliphatic rings. The van der Waals surface area contributed by atoms with Crippen LogP contribution in [0.2, 0.25) is 0 Å².